The minimum atomic E-state index is -1.07. The molecular formula is C14H20N2O5. The minimum Gasteiger partial charge on any atom is -0.466 e. The monoisotopic (exact) mass is 296 g/mol. The topological polar surface area (TPSA) is 92.8 Å². The Morgan fingerprint density at radius 1 is 1.29 bits per heavy atom. The molecule has 1 aliphatic carbocycles. The number of urea groups is 1. The summed E-state index contributed by atoms with van der Waals surface area (Å²) in [7, 11) is 0. The van der Waals surface area contributed by atoms with Gasteiger partial charge in [0.25, 0.3) is 0 Å². The average molecular weight is 296 g/mol. The van der Waals surface area contributed by atoms with Crippen LogP contribution in [0.2, 0.25) is 0 Å². The van der Waals surface area contributed by atoms with E-state index in [1.807, 2.05) is 0 Å². The molecule has 1 heterocycles. The van der Waals surface area contributed by atoms with Crippen LogP contribution in [0, 0.1) is 5.41 Å². The van der Waals surface area contributed by atoms with Crippen LogP contribution < -0.4 is 5.32 Å². The third kappa shape index (κ3) is 2.91. The summed E-state index contributed by atoms with van der Waals surface area (Å²) in [6.45, 7) is 2.15. The number of carbonyl (C=O) groups excluding carboxylic acids is 4. The second kappa shape index (κ2) is 6.24. The largest absolute Gasteiger partial charge is 0.466 e. The van der Waals surface area contributed by atoms with Crippen LogP contribution in [0.15, 0.2) is 0 Å². The van der Waals surface area contributed by atoms with Gasteiger partial charge in [0, 0.05) is 13.0 Å². The summed E-state index contributed by atoms with van der Waals surface area (Å²) >= 11 is 0. The molecule has 1 spiro atoms. The molecule has 0 bridgehead atoms. The van der Waals surface area contributed by atoms with Crippen molar-refractivity contribution >= 4 is 23.8 Å². The maximum Gasteiger partial charge on any atom is 0.330 e. The second-order valence-corrected chi connectivity index (χ2v) is 5.41. The number of imide groups is 2. The van der Waals surface area contributed by atoms with Crippen LogP contribution in [0.5, 0.6) is 0 Å². The Bertz CT molecular complexity index is 468. The predicted octanol–water partition coefficient (Wildman–Crippen LogP) is 0.968. The summed E-state index contributed by atoms with van der Waals surface area (Å²) < 4.78 is 4.80. The van der Waals surface area contributed by atoms with Gasteiger partial charge in [0.1, 0.15) is 5.41 Å². The predicted molar refractivity (Wildman–Crippen MR) is 72.0 cm³/mol. The van der Waals surface area contributed by atoms with E-state index in [4.69, 9.17) is 4.74 Å². The van der Waals surface area contributed by atoms with Gasteiger partial charge in [-0.05, 0) is 26.2 Å². The van der Waals surface area contributed by atoms with E-state index >= 15 is 0 Å². The first-order valence-electron chi connectivity index (χ1n) is 7.34. The number of hydrogen-bond acceptors (Lipinski definition) is 5. The van der Waals surface area contributed by atoms with Crippen molar-refractivity contribution in [2.24, 2.45) is 5.41 Å². The van der Waals surface area contributed by atoms with Crippen LogP contribution >= 0.6 is 0 Å². The number of nitrogens with zero attached hydrogens (tertiary/aromatic N) is 1. The molecule has 2 aliphatic rings. The Morgan fingerprint density at radius 2 is 1.95 bits per heavy atom. The maximum absolute atomic E-state index is 12.5. The van der Waals surface area contributed by atoms with E-state index in [9.17, 15) is 19.2 Å². The SMILES string of the molecule is CCOC(=O)CCCN1C(=O)NC(=O)C2(CCCC2)C1=O. The van der Waals surface area contributed by atoms with Gasteiger partial charge in [-0.2, -0.15) is 0 Å². The fraction of sp³-hybridized carbons (Fsp3) is 0.714. The minimum absolute atomic E-state index is 0.124. The molecule has 21 heavy (non-hydrogen) atoms. The summed E-state index contributed by atoms with van der Waals surface area (Å²) in [5, 5.41) is 2.27. The molecule has 0 unspecified atom stereocenters. The van der Waals surface area contributed by atoms with Crippen molar-refractivity contribution in [1.82, 2.24) is 10.2 Å². The first kappa shape index (κ1) is 15.5. The fourth-order valence-electron chi connectivity index (χ4n) is 2.97. The van der Waals surface area contributed by atoms with Gasteiger partial charge in [-0.1, -0.05) is 12.8 Å². The number of amides is 4. The second-order valence-electron chi connectivity index (χ2n) is 5.41. The number of ether oxygens (including phenoxy) is 1. The molecule has 4 amide bonds. The number of rotatable bonds is 5. The number of esters is 1. The van der Waals surface area contributed by atoms with E-state index in [1.54, 1.807) is 6.92 Å². The lowest BCUT2D eigenvalue weighted by molar-refractivity contribution is -0.152. The first-order valence-corrected chi connectivity index (χ1v) is 7.34. The Balaban J connectivity index is 1.98. The van der Waals surface area contributed by atoms with Crippen LogP contribution in [0.3, 0.4) is 0 Å². The zero-order chi connectivity index (χ0) is 15.5. The summed E-state index contributed by atoms with van der Waals surface area (Å²) in [4.78, 5) is 48.6. The van der Waals surface area contributed by atoms with E-state index < -0.39 is 23.3 Å². The van der Waals surface area contributed by atoms with E-state index in [-0.39, 0.29) is 18.9 Å². The Labute approximate surface area is 123 Å². The van der Waals surface area contributed by atoms with E-state index in [0.29, 0.717) is 25.9 Å². The zero-order valence-corrected chi connectivity index (χ0v) is 12.1. The van der Waals surface area contributed by atoms with Crippen molar-refractivity contribution in [3.63, 3.8) is 0 Å². The molecular weight excluding hydrogens is 276 g/mol. The summed E-state index contributed by atoms with van der Waals surface area (Å²) in [5.74, 6) is -1.25. The molecule has 1 saturated heterocycles. The summed E-state index contributed by atoms with van der Waals surface area (Å²) in [6.07, 6.45) is 3.07. The summed E-state index contributed by atoms with van der Waals surface area (Å²) in [5.41, 5.74) is -1.07. The molecule has 2 rings (SSSR count). The number of barbiturate groups is 1. The van der Waals surface area contributed by atoms with E-state index in [0.717, 1.165) is 17.7 Å². The molecule has 1 saturated carbocycles. The smallest absolute Gasteiger partial charge is 0.330 e. The lowest BCUT2D eigenvalue weighted by Gasteiger charge is -2.36. The van der Waals surface area contributed by atoms with Gasteiger partial charge in [-0.15, -0.1) is 0 Å². The number of carbonyl (C=O) groups is 4. The van der Waals surface area contributed by atoms with Crippen LogP contribution in [0.25, 0.3) is 0 Å². The lowest BCUT2D eigenvalue weighted by Crippen LogP contribution is -2.63. The quantitative estimate of drug-likeness (QED) is 0.602. The van der Waals surface area contributed by atoms with Crippen molar-refractivity contribution in [2.75, 3.05) is 13.2 Å². The van der Waals surface area contributed by atoms with Gasteiger partial charge in [0.05, 0.1) is 6.61 Å². The maximum atomic E-state index is 12.5. The van der Waals surface area contributed by atoms with Crippen LogP contribution in [0.1, 0.15) is 45.4 Å². The zero-order valence-electron chi connectivity index (χ0n) is 12.1. The van der Waals surface area contributed by atoms with E-state index in [1.165, 1.54) is 0 Å². The van der Waals surface area contributed by atoms with Gasteiger partial charge >= 0.3 is 12.0 Å². The summed E-state index contributed by atoms with van der Waals surface area (Å²) in [6, 6.07) is -0.689. The lowest BCUT2D eigenvalue weighted by atomic mass is 9.82. The van der Waals surface area contributed by atoms with E-state index in [2.05, 4.69) is 5.32 Å². The molecule has 0 radical (unpaired) electrons. The first-order chi connectivity index (χ1) is 10.0. The molecule has 116 valence electrons. The molecule has 1 N–H and O–H groups in total. The molecule has 7 heteroatoms. The van der Waals surface area contributed by atoms with Crippen LogP contribution in [0.4, 0.5) is 4.79 Å². The standard InChI is InChI=1S/C14H20N2O5/c1-2-21-10(17)6-5-9-16-12(19)14(7-3-4-8-14)11(18)15-13(16)20/h2-9H2,1H3,(H,15,18,20). The van der Waals surface area contributed by atoms with Gasteiger partial charge in [0.15, 0.2) is 0 Å². The number of hydrogen-bond donors (Lipinski definition) is 1. The third-order valence-electron chi connectivity index (χ3n) is 4.08. The van der Waals surface area contributed by atoms with Crippen molar-refractivity contribution in [3.8, 4) is 0 Å². The molecule has 7 nitrogen and oxygen atoms in total. The molecule has 0 aromatic heterocycles. The molecule has 0 aromatic rings. The van der Waals surface area contributed by atoms with Gasteiger partial charge < -0.3 is 4.74 Å². The van der Waals surface area contributed by atoms with Crippen LogP contribution in [-0.2, 0) is 19.1 Å². The van der Waals surface area contributed by atoms with Crippen molar-refractivity contribution in [3.05, 3.63) is 0 Å². The van der Waals surface area contributed by atoms with Gasteiger partial charge in [-0.25, -0.2) is 4.79 Å². The third-order valence-corrected chi connectivity index (χ3v) is 4.08. The Kier molecular flexibility index (Phi) is 4.59. The van der Waals surface area contributed by atoms with Crippen molar-refractivity contribution < 1.29 is 23.9 Å². The molecule has 1 aliphatic heterocycles. The van der Waals surface area contributed by atoms with Gasteiger partial charge in [-0.3, -0.25) is 24.6 Å². The highest BCUT2D eigenvalue weighted by Crippen LogP contribution is 2.41. The molecule has 0 aromatic carbocycles. The van der Waals surface area contributed by atoms with Crippen molar-refractivity contribution in [2.45, 2.75) is 45.4 Å². The van der Waals surface area contributed by atoms with Crippen molar-refractivity contribution in [1.29, 1.82) is 0 Å². The highest BCUT2D eigenvalue weighted by molar-refractivity contribution is 6.19. The number of nitrogens with one attached hydrogen (secondary N) is 1. The van der Waals surface area contributed by atoms with Gasteiger partial charge in [0.2, 0.25) is 11.8 Å². The highest BCUT2D eigenvalue weighted by Gasteiger charge is 2.54. The highest BCUT2D eigenvalue weighted by atomic mass is 16.5. The Hall–Kier alpha value is -1.92. The average Bonchev–Trinajstić information content (AvgIpc) is 2.92. The molecule has 0 atom stereocenters. The molecule has 2 fully saturated rings. The Morgan fingerprint density at radius 3 is 2.57 bits per heavy atom. The normalized spacial score (nSPS) is 20.8. The van der Waals surface area contributed by atoms with Crippen LogP contribution in [-0.4, -0.2) is 41.9 Å². The fourth-order valence-corrected chi connectivity index (χ4v) is 2.97.